The Bertz CT molecular complexity index is 2300. The molecule has 3 aliphatic rings. The van der Waals surface area contributed by atoms with Crippen molar-refractivity contribution in [3.63, 3.8) is 0 Å². The first-order valence-corrected chi connectivity index (χ1v) is 24.1. The van der Waals surface area contributed by atoms with E-state index in [4.69, 9.17) is 0 Å². The number of aliphatic hydroxyl groups excluding tert-OH is 2. The van der Waals surface area contributed by atoms with Crippen LogP contribution in [0.2, 0.25) is 0 Å². The summed E-state index contributed by atoms with van der Waals surface area (Å²) in [6.07, 6.45) is -0.352. The molecule has 14 heteroatoms. The number of imide groups is 2. The molecule has 3 aliphatic heterocycles. The molecule has 1 saturated heterocycles. The highest BCUT2D eigenvalue weighted by atomic mass is 16.3. The van der Waals surface area contributed by atoms with Gasteiger partial charge in [-0.15, -0.1) is 0 Å². The van der Waals surface area contributed by atoms with Gasteiger partial charge in [-0.2, -0.15) is 0 Å². The number of aryl methyl sites for hydroxylation is 2. The molecule has 68 heavy (non-hydrogen) atoms. The van der Waals surface area contributed by atoms with Crippen LogP contribution in [0, 0.1) is 25.7 Å². The second-order valence-electron chi connectivity index (χ2n) is 19.1. The highest BCUT2D eigenvalue weighted by Gasteiger charge is 2.47. The van der Waals surface area contributed by atoms with Gasteiger partial charge >= 0.3 is 0 Å². The Morgan fingerprint density at radius 3 is 1.21 bits per heavy atom. The van der Waals surface area contributed by atoms with E-state index in [-0.39, 0.29) is 47.2 Å². The van der Waals surface area contributed by atoms with Crippen LogP contribution < -0.4 is 10.6 Å². The first-order chi connectivity index (χ1) is 32.6. The summed E-state index contributed by atoms with van der Waals surface area (Å²) in [6.45, 7) is 13.9. The van der Waals surface area contributed by atoms with Gasteiger partial charge in [0.25, 0.3) is 23.6 Å². The number of amides is 6. The number of piperazine rings is 1. The number of hydrogen-bond donors (Lipinski definition) is 4. The summed E-state index contributed by atoms with van der Waals surface area (Å²) in [5.41, 5.74) is 4.58. The first-order valence-electron chi connectivity index (χ1n) is 24.1. The van der Waals surface area contributed by atoms with Crippen molar-refractivity contribution in [2.24, 2.45) is 11.8 Å². The molecule has 360 valence electrons. The van der Waals surface area contributed by atoms with Crippen molar-refractivity contribution in [3.05, 3.63) is 142 Å². The van der Waals surface area contributed by atoms with Crippen LogP contribution in [0.5, 0.6) is 0 Å². The number of aliphatic hydroxyl groups is 2. The number of benzene rings is 4. The van der Waals surface area contributed by atoms with Crippen LogP contribution in [0.4, 0.5) is 0 Å². The Balaban J connectivity index is 1.01. The maximum Gasteiger partial charge on any atom is 0.262 e. The fourth-order valence-electron chi connectivity index (χ4n) is 9.74. The first kappa shape index (κ1) is 49.8. The minimum Gasteiger partial charge on any atom is -0.390 e. The van der Waals surface area contributed by atoms with Gasteiger partial charge in [0.2, 0.25) is 11.8 Å². The van der Waals surface area contributed by atoms with Gasteiger partial charge in [-0.1, -0.05) is 124 Å². The molecule has 0 radical (unpaired) electrons. The fraction of sp³-hybridized carbons (Fsp3) is 0.444. The smallest absolute Gasteiger partial charge is 0.262 e. The van der Waals surface area contributed by atoms with Crippen molar-refractivity contribution < 1.29 is 39.0 Å². The third-order valence-corrected chi connectivity index (χ3v) is 14.1. The quantitative estimate of drug-likeness (QED) is 0.0899. The highest BCUT2D eigenvalue weighted by molar-refractivity contribution is 6.24. The third kappa shape index (κ3) is 10.9. The Morgan fingerprint density at radius 2 is 0.868 bits per heavy atom. The van der Waals surface area contributed by atoms with E-state index in [0.29, 0.717) is 51.9 Å². The lowest BCUT2D eigenvalue weighted by Gasteiger charge is -2.39. The molecular weight excluding hydrogens is 861 g/mol. The number of hydrogen-bond acceptors (Lipinski definition) is 10. The molecule has 0 spiro atoms. The maximum absolute atomic E-state index is 14.4. The standard InChI is InChI=1S/C54H66N6O8/c1-7-35(5)47(59-51(65)39-21-19-33(3)27-41(39)53(59)67)49(63)55-43(29-37-15-11-9-12-16-37)45(61)31-57-23-25-58(26-24-57)32-46(62)44(30-38-17-13-10-14-18-38)56-50(64)48(36(6)8-2)60-52(66)40-22-20-34(4)28-42(40)54(60)68/h9-22,27-28,35-36,43-48,61-62H,7-8,23-26,29-32H2,1-6H3,(H,55,63)(H,56,64)/t35-,36-,43-,44-,45+,46+,47-,48-/m0/s1. The number of β-amino-alcohol motifs (C(OH)–C–C–N with tert-alkyl or cyclic N) is 2. The van der Waals surface area contributed by atoms with Gasteiger partial charge < -0.3 is 20.8 Å². The predicted molar refractivity (Wildman–Crippen MR) is 259 cm³/mol. The van der Waals surface area contributed by atoms with Crippen LogP contribution in [0.3, 0.4) is 0 Å². The number of nitrogens with one attached hydrogen (secondary N) is 2. The molecule has 0 bridgehead atoms. The zero-order chi connectivity index (χ0) is 48.8. The van der Waals surface area contributed by atoms with Crippen LogP contribution in [0.15, 0.2) is 97.1 Å². The van der Waals surface area contributed by atoms with Crippen molar-refractivity contribution in [2.75, 3.05) is 39.3 Å². The minimum atomic E-state index is -1.09. The zero-order valence-corrected chi connectivity index (χ0v) is 40.1. The average Bonchev–Trinajstić information content (AvgIpc) is 3.71. The van der Waals surface area contributed by atoms with Crippen LogP contribution >= 0.6 is 0 Å². The van der Waals surface area contributed by atoms with Crippen molar-refractivity contribution in [1.82, 2.24) is 30.2 Å². The highest BCUT2D eigenvalue weighted by Crippen LogP contribution is 2.31. The van der Waals surface area contributed by atoms with E-state index in [2.05, 4.69) is 20.4 Å². The van der Waals surface area contributed by atoms with E-state index in [9.17, 15) is 39.0 Å². The van der Waals surface area contributed by atoms with E-state index in [1.165, 1.54) is 0 Å². The molecule has 0 unspecified atom stereocenters. The molecule has 4 aromatic carbocycles. The lowest BCUT2D eigenvalue weighted by molar-refractivity contribution is -0.129. The molecule has 0 saturated carbocycles. The summed E-state index contributed by atoms with van der Waals surface area (Å²) < 4.78 is 0. The van der Waals surface area contributed by atoms with E-state index < -0.39 is 71.8 Å². The maximum atomic E-state index is 14.4. The van der Waals surface area contributed by atoms with Gasteiger partial charge in [0, 0.05) is 39.3 Å². The van der Waals surface area contributed by atoms with Gasteiger partial charge in [-0.25, -0.2) is 0 Å². The van der Waals surface area contributed by atoms with Gasteiger partial charge in [0.15, 0.2) is 0 Å². The minimum absolute atomic E-state index is 0.232. The summed E-state index contributed by atoms with van der Waals surface area (Å²) >= 11 is 0. The normalized spacial score (nSPS) is 18.9. The number of rotatable bonds is 20. The van der Waals surface area contributed by atoms with E-state index in [0.717, 1.165) is 32.1 Å². The van der Waals surface area contributed by atoms with Gasteiger partial charge in [0.1, 0.15) is 12.1 Å². The molecular formula is C54H66N6O8. The number of nitrogens with zero attached hydrogens (tertiary/aromatic N) is 4. The fourth-order valence-corrected chi connectivity index (χ4v) is 9.74. The van der Waals surface area contributed by atoms with Gasteiger partial charge in [0.05, 0.1) is 46.5 Å². The molecule has 4 aromatic rings. The number of fused-ring (bicyclic) bond motifs is 2. The molecule has 4 N–H and O–H groups in total. The van der Waals surface area contributed by atoms with Crippen molar-refractivity contribution in [2.45, 2.75) is 104 Å². The van der Waals surface area contributed by atoms with Gasteiger partial charge in [-0.3, -0.25) is 48.4 Å². The third-order valence-electron chi connectivity index (χ3n) is 14.1. The number of carbonyl (C=O) groups is 6. The van der Waals surface area contributed by atoms with Crippen LogP contribution in [-0.4, -0.2) is 141 Å². The van der Waals surface area contributed by atoms with Crippen molar-refractivity contribution in [3.8, 4) is 0 Å². The summed E-state index contributed by atoms with van der Waals surface area (Å²) in [6, 6.07) is 25.6. The van der Waals surface area contributed by atoms with E-state index in [1.54, 1.807) is 36.4 Å². The van der Waals surface area contributed by atoms with Gasteiger partial charge in [-0.05, 0) is 73.9 Å². The predicted octanol–water partition coefficient (Wildman–Crippen LogP) is 4.82. The Kier molecular flexibility index (Phi) is 16.1. The Hall–Kier alpha value is -6.06. The lowest BCUT2D eigenvalue weighted by atomic mass is 9.94. The largest absolute Gasteiger partial charge is 0.390 e. The Morgan fingerprint density at radius 1 is 0.529 bits per heavy atom. The van der Waals surface area contributed by atoms with E-state index in [1.807, 2.05) is 102 Å². The number of carbonyl (C=O) groups excluding carboxylic acids is 6. The summed E-state index contributed by atoms with van der Waals surface area (Å²) in [7, 11) is 0. The van der Waals surface area contributed by atoms with Crippen LogP contribution in [0.1, 0.15) is 104 Å². The lowest BCUT2D eigenvalue weighted by Crippen LogP contribution is -2.59. The van der Waals surface area contributed by atoms with Crippen molar-refractivity contribution in [1.29, 1.82) is 0 Å². The van der Waals surface area contributed by atoms with Crippen molar-refractivity contribution >= 4 is 35.4 Å². The molecule has 14 nitrogen and oxygen atoms in total. The summed E-state index contributed by atoms with van der Waals surface area (Å²) in [5.74, 6) is -3.75. The second kappa shape index (κ2) is 21.9. The SMILES string of the molecule is CC[C@H](C)[C@@H](C(=O)N[C@@H](Cc1ccccc1)[C@H](O)CN1CCN(C[C@@H](O)[C@H](Cc2ccccc2)NC(=O)[C@H]([C@@H](C)CC)N2C(=O)c3ccc(C)cc3C2=O)CC1)N1C(=O)c2ccc(C)cc2C1=O. The average molecular weight is 927 g/mol. The molecule has 0 aliphatic carbocycles. The molecule has 1 fully saturated rings. The molecule has 3 heterocycles. The van der Waals surface area contributed by atoms with Crippen LogP contribution in [-0.2, 0) is 22.4 Å². The molecule has 7 rings (SSSR count). The monoisotopic (exact) mass is 926 g/mol. The Labute approximate surface area is 399 Å². The second-order valence-corrected chi connectivity index (χ2v) is 19.1. The molecule has 6 amide bonds. The zero-order valence-electron chi connectivity index (χ0n) is 40.1. The summed E-state index contributed by atoms with van der Waals surface area (Å²) in [4.78, 5) is 90.1. The topological polar surface area (TPSA) is 180 Å². The molecule has 0 aromatic heterocycles. The van der Waals surface area contributed by atoms with E-state index >= 15 is 0 Å². The van der Waals surface area contributed by atoms with Crippen LogP contribution in [0.25, 0.3) is 0 Å². The summed E-state index contributed by atoms with van der Waals surface area (Å²) in [5, 5.41) is 30.0. The molecule has 8 atom stereocenters.